The molecule has 3 aliphatic rings. The molecule has 17 heavy (non-hydrogen) atoms. The lowest BCUT2D eigenvalue weighted by molar-refractivity contribution is 0.0698. The summed E-state index contributed by atoms with van der Waals surface area (Å²) in [6.45, 7) is 3.73. The number of anilines is 1. The summed E-state index contributed by atoms with van der Waals surface area (Å²) in [5.74, 6) is 0.716. The van der Waals surface area contributed by atoms with Gasteiger partial charge in [0.25, 0.3) is 0 Å². The Morgan fingerprint density at radius 3 is 2.82 bits per heavy atom. The minimum atomic E-state index is 0.517. The van der Waals surface area contributed by atoms with Crippen LogP contribution in [-0.4, -0.2) is 40.4 Å². The maximum Gasteiger partial charge on any atom is 0.149 e. The van der Waals surface area contributed by atoms with Gasteiger partial charge >= 0.3 is 0 Å². The van der Waals surface area contributed by atoms with Gasteiger partial charge in [0, 0.05) is 31.1 Å². The number of aromatic nitrogens is 2. The zero-order valence-electron chi connectivity index (χ0n) is 9.93. The fourth-order valence-electron chi connectivity index (χ4n) is 2.97. The summed E-state index contributed by atoms with van der Waals surface area (Å²) in [4.78, 5) is 2.55. The summed E-state index contributed by atoms with van der Waals surface area (Å²) < 4.78 is 7.65. The molecule has 0 atom stereocenters. The molecule has 1 saturated heterocycles. The average molecular weight is 234 g/mol. The average Bonchev–Trinajstić information content (AvgIpc) is 3.05. The van der Waals surface area contributed by atoms with E-state index in [1.54, 1.807) is 0 Å². The van der Waals surface area contributed by atoms with Crippen LogP contribution in [0.5, 0.6) is 0 Å². The number of likely N-dealkylation sites (tertiary alicyclic amines) is 1. The number of nitrogen functional groups attached to an aromatic ring is 1. The van der Waals surface area contributed by atoms with Crippen LogP contribution in [0, 0.1) is 0 Å². The van der Waals surface area contributed by atoms with Crippen molar-refractivity contribution in [1.29, 1.82) is 0 Å². The number of hydrogen-bond acceptors (Lipinski definition) is 4. The number of ether oxygens (including phenoxy) is 1. The van der Waals surface area contributed by atoms with Crippen LogP contribution in [0.4, 0.5) is 5.82 Å². The van der Waals surface area contributed by atoms with E-state index in [1.807, 2.05) is 0 Å². The Kier molecular flexibility index (Phi) is 2.02. The number of nitrogens with two attached hydrogens (primary N) is 1. The summed E-state index contributed by atoms with van der Waals surface area (Å²) in [5, 5.41) is 4.52. The monoisotopic (exact) mass is 234 g/mol. The van der Waals surface area contributed by atoms with Crippen LogP contribution in [0.2, 0.25) is 0 Å². The third kappa shape index (κ3) is 1.49. The van der Waals surface area contributed by atoms with E-state index in [0.29, 0.717) is 18.5 Å². The summed E-state index contributed by atoms with van der Waals surface area (Å²) in [5.41, 5.74) is 8.42. The van der Waals surface area contributed by atoms with Crippen molar-refractivity contribution in [2.45, 2.75) is 38.0 Å². The minimum Gasteiger partial charge on any atom is -0.382 e. The third-order valence-corrected chi connectivity index (χ3v) is 4.18. The molecule has 1 saturated carbocycles. The second-order valence-corrected chi connectivity index (χ2v) is 5.40. The molecule has 1 aromatic rings. The molecular weight excluding hydrogens is 216 g/mol. The molecule has 0 spiro atoms. The normalized spacial score (nSPS) is 25.6. The highest BCUT2D eigenvalue weighted by Gasteiger charge is 2.40. The zero-order chi connectivity index (χ0) is 11.4. The van der Waals surface area contributed by atoms with Gasteiger partial charge in [-0.25, -0.2) is 0 Å². The van der Waals surface area contributed by atoms with E-state index in [1.165, 1.54) is 24.1 Å². The number of fused-ring (bicyclic) bond motifs is 1. The van der Waals surface area contributed by atoms with Crippen molar-refractivity contribution in [1.82, 2.24) is 14.7 Å². The Morgan fingerprint density at radius 2 is 2.06 bits per heavy atom. The molecular formula is C12H18N4O. The van der Waals surface area contributed by atoms with Crippen LogP contribution in [0.3, 0.4) is 0 Å². The van der Waals surface area contributed by atoms with E-state index in [4.69, 9.17) is 10.5 Å². The van der Waals surface area contributed by atoms with Gasteiger partial charge in [-0.1, -0.05) is 0 Å². The Balaban J connectivity index is 1.57. The Bertz CT molecular complexity index is 446. The van der Waals surface area contributed by atoms with Crippen LogP contribution < -0.4 is 5.73 Å². The van der Waals surface area contributed by atoms with Gasteiger partial charge in [-0.2, -0.15) is 5.10 Å². The molecule has 0 aromatic carbocycles. The lowest BCUT2D eigenvalue weighted by Crippen LogP contribution is -2.49. The summed E-state index contributed by atoms with van der Waals surface area (Å²) in [6, 6.07) is 1.38. The number of rotatable bonds is 2. The fraction of sp³-hybridized carbons (Fsp3) is 0.750. The van der Waals surface area contributed by atoms with E-state index >= 15 is 0 Å². The van der Waals surface area contributed by atoms with E-state index in [9.17, 15) is 0 Å². The standard InChI is InChI=1S/C12H18N4O/c13-12-10-3-4-17-7-11(10)16(14-12)9-5-15(6-9)8-1-2-8/h8-9H,1-7H2,(H2,13,14). The maximum atomic E-state index is 5.98. The molecule has 0 bridgehead atoms. The van der Waals surface area contributed by atoms with Crippen molar-refractivity contribution in [3.63, 3.8) is 0 Å². The van der Waals surface area contributed by atoms with Crippen LogP contribution in [0.15, 0.2) is 0 Å². The second kappa shape index (κ2) is 3.46. The highest BCUT2D eigenvalue weighted by molar-refractivity contribution is 5.43. The molecule has 5 nitrogen and oxygen atoms in total. The smallest absolute Gasteiger partial charge is 0.149 e. The zero-order valence-corrected chi connectivity index (χ0v) is 9.93. The molecule has 3 heterocycles. The third-order valence-electron chi connectivity index (χ3n) is 4.18. The highest BCUT2D eigenvalue weighted by atomic mass is 16.5. The second-order valence-electron chi connectivity index (χ2n) is 5.40. The maximum absolute atomic E-state index is 5.98. The van der Waals surface area contributed by atoms with Crippen LogP contribution >= 0.6 is 0 Å². The van der Waals surface area contributed by atoms with Gasteiger partial charge in [0.05, 0.1) is 24.9 Å². The highest BCUT2D eigenvalue weighted by Crippen LogP contribution is 2.36. The number of hydrogen-bond donors (Lipinski definition) is 1. The van der Waals surface area contributed by atoms with Crippen molar-refractivity contribution < 1.29 is 4.74 Å². The fourth-order valence-corrected chi connectivity index (χ4v) is 2.97. The molecule has 1 aliphatic carbocycles. The van der Waals surface area contributed by atoms with Gasteiger partial charge in [-0.05, 0) is 12.8 Å². The van der Waals surface area contributed by atoms with Gasteiger partial charge in [0.2, 0.25) is 0 Å². The van der Waals surface area contributed by atoms with E-state index in [2.05, 4.69) is 14.7 Å². The van der Waals surface area contributed by atoms with Gasteiger partial charge in [-0.15, -0.1) is 0 Å². The Morgan fingerprint density at radius 1 is 1.24 bits per heavy atom. The topological polar surface area (TPSA) is 56.3 Å². The van der Waals surface area contributed by atoms with Gasteiger partial charge in [-0.3, -0.25) is 9.58 Å². The first-order valence-corrected chi connectivity index (χ1v) is 6.50. The predicted octanol–water partition coefficient (Wildman–Crippen LogP) is 0.557. The van der Waals surface area contributed by atoms with Crippen molar-refractivity contribution in [3.05, 3.63) is 11.3 Å². The van der Waals surface area contributed by atoms with Gasteiger partial charge in [0.1, 0.15) is 5.82 Å². The first-order chi connectivity index (χ1) is 8.33. The molecule has 2 fully saturated rings. The SMILES string of the molecule is Nc1nn(C2CN(C3CC3)C2)c2c1CCOC2. The molecule has 0 unspecified atom stereocenters. The Labute approximate surface area is 101 Å². The van der Waals surface area contributed by atoms with Gasteiger partial charge < -0.3 is 10.5 Å². The summed E-state index contributed by atoms with van der Waals surface area (Å²) in [7, 11) is 0. The molecule has 0 radical (unpaired) electrons. The molecule has 5 heteroatoms. The number of nitrogens with zero attached hydrogens (tertiary/aromatic N) is 3. The molecule has 2 aliphatic heterocycles. The Hall–Kier alpha value is -1.07. The van der Waals surface area contributed by atoms with E-state index in [-0.39, 0.29) is 0 Å². The predicted molar refractivity (Wildman–Crippen MR) is 63.6 cm³/mol. The molecule has 0 amide bonds. The molecule has 4 rings (SSSR count). The molecule has 92 valence electrons. The van der Waals surface area contributed by atoms with Crippen molar-refractivity contribution >= 4 is 5.82 Å². The molecule has 1 aromatic heterocycles. The first kappa shape index (κ1) is 9.91. The quantitative estimate of drug-likeness (QED) is 0.812. The minimum absolute atomic E-state index is 0.517. The van der Waals surface area contributed by atoms with Crippen molar-refractivity contribution in [2.75, 3.05) is 25.4 Å². The van der Waals surface area contributed by atoms with Crippen LogP contribution in [-0.2, 0) is 17.8 Å². The van der Waals surface area contributed by atoms with Crippen LogP contribution in [0.1, 0.15) is 30.1 Å². The lowest BCUT2D eigenvalue weighted by atomic mass is 10.1. The van der Waals surface area contributed by atoms with Gasteiger partial charge in [0.15, 0.2) is 0 Å². The molecule has 2 N–H and O–H groups in total. The van der Waals surface area contributed by atoms with E-state index < -0.39 is 0 Å². The van der Waals surface area contributed by atoms with E-state index in [0.717, 1.165) is 32.2 Å². The lowest BCUT2D eigenvalue weighted by Gasteiger charge is -2.40. The van der Waals surface area contributed by atoms with Crippen molar-refractivity contribution in [3.8, 4) is 0 Å². The van der Waals surface area contributed by atoms with Crippen molar-refractivity contribution in [2.24, 2.45) is 0 Å². The summed E-state index contributed by atoms with van der Waals surface area (Å²) in [6.07, 6.45) is 3.69. The largest absolute Gasteiger partial charge is 0.382 e. The van der Waals surface area contributed by atoms with Crippen LogP contribution in [0.25, 0.3) is 0 Å². The first-order valence-electron chi connectivity index (χ1n) is 6.50. The summed E-state index contributed by atoms with van der Waals surface area (Å²) >= 11 is 0.